The van der Waals surface area contributed by atoms with Gasteiger partial charge in [-0.2, -0.15) is 11.8 Å². The van der Waals surface area contributed by atoms with E-state index >= 15 is 0 Å². The summed E-state index contributed by atoms with van der Waals surface area (Å²) in [6, 6.07) is 8.17. The molecule has 0 amide bonds. The van der Waals surface area contributed by atoms with Crippen molar-refractivity contribution in [3.63, 3.8) is 0 Å². The maximum Gasteiger partial charge on any atom is 0.113 e. The first-order valence-electron chi connectivity index (χ1n) is 6.52. The molecule has 0 fully saturated rings. The van der Waals surface area contributed by atoms with Crippen molar-refractivity contribution in [1.29, 1.82) is 0 Å². The molecule has 1 rings (SSSR count). The summed E-state index contributed by atoms with van der Waals surface area (Å²) < 4.78 is 0. The van der Waals surface area contributed by atoms with Gasteiger partial charge in [0.1, 0.15) is 30.5 Å². The van der Waals surface area contributed by atoms with Gasteiger partial charge in [0.2, 0.25) is 0 Å². The van der Waals surface area contributed by atoms with Gasteiger partial charge in [-0.25, -0.2) is 0 Å². The van der Waals surface area contributed by atoms with E-state index in [-0.39, 0.29) is 5.75 Å². The number of thioether (sulfide) groups is 1. The molecule has 0 bridgehead atoms. The minimum absolute atomic E-state index is 0.169. The number of hydrogen-bond donors (Lipinski definition) is 6. The van der Waals surface area contributed by atoms with Crippen molar-refractivity contribution in [1.82, 2.24) is 0 Å². The van der Waals surface area contributed by atoms with Crippen LogP contribution in [0.15, 0.2) is 30.3 Å². The lowest BCUT2D eigenvalue weighted by Gasteiger charge is -2.31. The standard InChI is InChI=1S/C14H22O6S/c1-21-7-9(15)11(17)13(19)14(20)12(18)10(16)8-5-3-2-4-6-8/h2-6,9-20H,7H2,1H3. The Morgan fingerprint density at radius 3 is 1.86 bits per heavy atom. The lowest BCUT2D eigenvalue weighted by molar-refractivity contribution is -0.151. The largest absolute Gasteiger partial charge is 0.389 e. The smallest absolute Gasteiger partial charge is 0.113 e. The third kappa shape index (κ3) is 4.93. The monoisotopic (exact) mass is 318 g/mol. The molecule has 6 unspecified atom stereocenters. The first-order valence-corrected chi connectivity index (χ1v) is 7.91. The molecule has 0 aliphatic heterocycles. The summed E-state index contributed by atoms with van der Waals surface area (Å²) in [6.07, 6.45) is -7.84. The minimum atomic E-state index is -1.80. The van der Waals surface area contributed by atoms with E-state index in [2.05, 4.69) is 0 Å². The Kier molecular flexibility index (Phi) is 7.61. The van der Waals surface area contributed by atoms with Gasteiger partial charge < -0.3 is 30.6 Å². The zero-order chi connectivity index (χ0) is 16.0. The highest BCUT2D eigenvalue weighted by Gasteiger charge is 2.37. The van der Waals surface area contributed by atoms with Gasteiger partial charge in [0.05, 0.1) is 6.10 Å². The minimum Gasteiger partial charge on any atom is -0.389 e. The molecule has 0 radical (unpaired) electrons. The first kappa shape index (κ1) is 18.4. The maximum absolute atomic E-state index is 9.96. The molecule has 0 aliphatic rings. The Hall–Kier alpha value is -0.670. The lowest BCUT2D eigenvalue weighted by atomic mass is 9.94. The van der Waals surface area contributed by atoms with Crippen molar-refractivity contribution < 1.29 is 30.6 Å². The number of aliphatic hydroxyl groups is 6. The van der Waals surface area contributed by atoms with E-state index in [4.69, 9.17) is 0 Å². The van der Waals surface area contributed by atoms with Gasteiger partial charge in [-0.1, -0.05) is 30.3 Å². The molecule has 0 saturated carbocycles. The van der Waals surface area contributed by atoms with E-state index in [9.17, 15) is 30.6 Å². The van der Waals surface area contributed by atoms with Crippen LogP contribution in [0.25, 0.3) is 0 Å². The third-order valence-electron chi connectivity index (χ3n) is 3.25. The van der Waals surface area contributed by atoms with Gasteiger partial charge in [-0.05, 0) is 11.8 Å². The van der Waals surface area contributed by atoms with Crippen LogP contribution in [0.3, 0.4) is 0 Å². The van der Waals surface area contributed by atoms with E-state index in [1.165, 1.54) is 11.8 Å². The average molecular weight is 318 g/mol. The number of rotatable bonds is 8. The Morgan fingerprint density at radius 1 is 0.810 bits per heavy atom. The molecule has 6 nitrogen and oxygen atoms in total. The zero-order valence-electron chi connectivity index (χ0n) is 11.6. The molecule has 1 aromatic rings. The van der Waals surface area contributed by atoms with Gasteiger partial charge in [0.15, 0.2) is 0 Å². The molecule has 0 saturated heterocycles. The van der Waals surface area contributed by atoms with Crippen molar-refractivity contribution in [2.75, 3.05) is 12.0 Å². The van der Waals surface area contributed by atoms with Crippen LogP contribution in [-0.4, -0.2) is 73.2 Å². The number of aliphatic hydroxyl groups excluding tert-OH is 6. The highest BCUT2D eigenvalue weighted by Crippen LogP contribution is 2.21. The number of hydrogen-bond acceptors (Lipinski definition) is 7. The quantitative estimate of drug-likeness (QED) is 0.359. The predicted octanol–water partition coefficient (Wildman–Crippen LogP) is -1.11. The summed E-state index contributed by atoms with van der Waals surface area (Å²) in [5.74, 6) is 0.169. The molecular weight excluding hydrogens is 296 g/mol. The molecular formula is C14H22O6S. The molecule has 0 spiro atoms. The van der Waals surface area contributed by atoms with Gasteiger partial charge in [0, 0.05) is 5.75 Å². The predicted molar refractivity (Wildman–Crippen MR) is 79.8 cm³/mol. The van der Waals surface area contributed by atoms with Crippen molar-refractivity contribution in [3.8, 4) is 0 Å². The fraction of sp³-hybridized carbons (Fsp3) is 0.571. The maximum atomic E-state index is 9.96. The van der Waals surface area contributed by atoms with Crippen molar-refractivity contribution in [2.24, 2.45) is 0 Å². The van der Waals surface area contributed by atoms with Crippen LogP contribution in [0.1, 0.15) is 11.7 Å². The Balaban J connectivity index is 2.70. The molecule has 0 heterocycles. The normalized spacial score (nSPS) is 20.3. The van der Waals surface area contributed by atoms with E-state index in [0.29, 0.717) is 5.56 Å². The SMILES string of the molecule is CSCC(O)C(O)C(O)C(O)C(O)C(O)c1ccccc1. The van der Waals surface area contributed by atoms with E-state index in [0.717, 1.165) is 0 Å². The Bertz CT molecular complexity index is 404. The number of benzene rings is 1. The Morgan fingerprint density at radius 2 is 1.33 bits per heavy atom. The molecule has 1 aromatic carbocycles. The second kappa shape index (κ2) is 8.70. The van der Waals surface area contributed by atoms with Crippen LogP contribution in [0.5, 0.6) is 0 Å². The summed E-state index contributed by atoms with van der Waals surface area (Å²) in [7, 11) is 0. The Labute approximate surface area is 127 Å². The fourth-order valence-corrected chi connectivity index (χ4v) is 2.47. The topological polar surface area (TPSA) is 121 Å². The molecule has 0 aromatic heterocycles. The van der Waals surface area contributed by atoms with Crippen molar-refractivity contribution >= 4 is 11.8 Å². The van der Waals surface area contributed by atoms with Crippen molar-refractivity contribution in [3.05, 3.63) is 35.9 Å². The van der Waals surface area contributed by atoms with Crippen molar-refractivity contribution in [2.45, 2.75) is 36.6 Å². The molecule has 120 valence electrons. The third-order valence-corrected chi connectivity index (χ3v) is 3.92. The zero-order valence-corrected chi connectivity index (χ0v) is 12.5. The molecule has 21 heavy (non-hydrogen) atoms. The van der Waals surface area contributed by atoms with Crippen LogP contribution >= 0.6 is 11.8 Å². The van der Waals surface area contributed by atoms with Crippen LogP contribution < -0.4 is 0 Å². The first-order chi connectivity index (χ1) is 9.90. The van der Waals surface area contributed by atoms with Crippen LogP contribution in [0.4, 0.5) is 0 Å². The van der Waals surface area contributed by atoms with E-state index in [1.807, 2.05) is 0 Å². The van der Waals surface area contributed by atoms with Gasteiger partial charge in [-0.3, -0.25) is 0 Å². The second-order valence-corrected chi connectivity index (χ2v) is 5.75. The summed E-state index contributed by atoms with van der Waals surface area (Å²) >= 11 is 1.26. The second-order valence-electron chi connectivity index (χ2n) is 4.84. The molecule has 7 heteroatoms. The molecule has 0 aliphatic carbocycles. The van der Waals surface area contributed by atoms with Gasteiger partial charge in [-0.15, -0.1) is 0 Å². The summed E-state index contributed by atoms with van der Waals surface area (Å²) in [5.41, 5.74) is 0.371. The summed E-state index contributed by atoms with van der Waals surface area (Å²) in [6.45, 7) is 0. The summed E-state index contributed by atoms with van der Waals surface area (Å²) in [5, 5.41) is 58.9. The molecule has 6 atom stereocenters. The van der Waals surface area contributed by atoms with Crippen LogP contribution in [0.2, 0.25) is 0 Å². The highest BCUT2D eigenvalue weighted by molar-refractivity contribution is 7.98. The van der Waals surface area contributed by atoms with E-state index < -0.39 is 36.6 Å². The highest BCUT2D eigenvalue weighted by atomic mass is 32.2. The summed E-state index contributed by atoms with van der Waals surface area (Å²) in [4.78, 5) is 0. The average Bonchev–Trinajstić information content (AvgIpc) is 2.52. The van der Waals surface area contributed by atoms with E-state index in [1.54, 1.807) is 36.6 Å². The van der Waals surface area contributed by atoms with Gasteiger partial charge in [0.25, 0.3) is 0 Å². The fourth-order valence-electron chi connectivity index (χ4n) is 1.94. The van der Waals surface area contributed by atoms with Gasteiger partial charge >= 0.3 is 0 Å². The van der Waals surface area contributed by atoms with Crippen LogP contribution in [0, 0.1) is 0 Å². The lowest BCUT2D eigenvalue weighted by Crippen LogP contribution is -2.51. The van der Waals surface area contributed by atoms with Crippen LogP contribution in [-0.2, 0) is 0 Å². The molecule has 6 N–H and O–H groups in total.